The van der Waals surface area contributed by atoms with Gasteiger partial charge in [-0.3, -0.25) is 14.4 Å². The number of halogens is 1. The number of allylic oxidation sites excluding steroid dienone is 1. The second-order valence-electron chi connectivity index (χ2n) is 9.21. The number of rotatable bonds is 4. The Morgan fingerprint density at radius 3 is 2.32 bits per heavy atom. The van der Waals surface area contributed by atoms with Crippen molar-refractivity contribution in [1.29, 1.82) is 0 Å². The lowest BCUT2D eigenvalue weighted by atomic mass is 9.66. The molecule has 192 valence electrons. The van der Waals surface area contributed by atoms with Gasteiger partial charge in [0, 0.05) is 35.6 Å². The van der Waals surface area contributed by atoms with Crippen LogP contribution in [0.3, 0.4) is 0 Å². The molecule has 37 heavy (non-hydrogen) atoms. The summed E-state index contributed by atoms with van der Waals surface area (Å²) >= 11 is 6.50. The maximum atomic E-state index is 14.3. The molecule has 5 rings (SSSR count). The quantitative estimate of drug-likeness (QED) is 0.475. The molecule has 0 saturated heterocycles. The first kappa shape index (κ1) is 24.8. The van der Waals surface area contributed by atoms with Crippen LogP contribution < -0.4 is 19.5 Å². The predicted molar refractivity (Wildman–Crippen MR) is 131 cm³/mol. The molecule has 0 radical (unpaired) electrons. The molecule has 2 aromatic carbocycles. The zero-order chi connectivity index (χ0) is 26.6. The van der Waals surface area contributed by atoms with Crippen LogP contribution in [-0.4, -0.2) is 50.4 Å². The van der Waals surface area contributed by atoms with Crippen molar-refractivity contribution in [1.82, 2.24) is 5.32 Å². The van der Waals surface area contributed by atoms with Crippen molar-refractivity contribution in [2.45, 2.75) is 31.3 Å². The van der Waals surface area contributed by atoms with E-state index in [-0.39, 0.29) is 46.6 Å². The highest BCUT2D eigenvalue weighted by Gasteiger charge is 2.63. The molecule has 1 amide bonds. The minimum atomic E-state index is -1.88. The maximum Gasteiger partial charge on any atom is 0.337 e. The number of amides is 1. The van der Waals surface area contributed by atoms with Crippen LogP contribution in [0.15, 0.2) is 41.6 Å². The smallest absolute Gasteiger partial charge is 0.337 e. The molecule has 0 saturated carbocycles. The molecule has 0 fully saturated rings. The summed E-state index contributed by atoms with van der Waals surface area (Å²) in [7, 11) is 4.11. The van der Waals surface area contributed by atoms with Crippen LogP contribution in [0.4, 0.5) is 0 Å². The van der Waals surface area contributed by atoms with Crippen molar-refractivity contribution < 1.29 is 38.1 Å². The molecule has 2 aliphatic heterocycles. The Balaban J connectivity index is 1.62. The molecule has 0 unspecified atom stereocenters. The maximum absolute atomic E-state index is 14.3. The van der Waals surface area contributed by atoms with Gasteiger partial charge in [-0.2, -0.15) is 0 Å². The molecular weight excluding hydrogens is 502 g/mol. The highest BCUT2D eigenvalue weighted by molar-refractivity contribution is 6.36. The van der Waals surface area contributed by atoms with Crippen LogP contribution in [0.25, 0.3) is 0 Å². The van der Waals surface area contributed by atoms with E-state index < -0.39 is 35.0 Å². The van der Waals surface area contributed by atoms with Crippen molar-refractivity contribution >= 4 is 35.0 Å². The normalized spacial score (nSPS) is 24.3. The zero-order valence-corrected chi connectivity index (χ0v) is 21.4. The Kier molecular flexibility index (Phi) is 5.98. The number of benzene rings is 2. The topological polar surface area (TPSA) is 117 Å². The Hall–Kier alpha value is -3.85. The number of ether oxygens (including phenoxy) is 4. The summed E-state index contributed by atoms with van der Waals surface area (Å²) in [5.74, 6) is -2.63. The average Bonchev–Trinajstić information content (AvgIpc) is 3.21. The first-order chi connectivity index (χ1) is 17.7. The van der Waals surface area contributed by atoms with Crippen molar-refractivity contribution in [3.8, 4) is 17.2 Å². The van der Waals surface area contributed by atoms with Gasteiger partial charge in [-0.1, -0.05) is 30.7 Å². The third-order valence-electron chi connectivity index (χ3n) is 7.29. The number of esters is 1. The van der Waals surface area contributed by atoms with E-state index in [1.54, 1.807) is 31.2 Å². The number of methoxy groups -OCH3 is 3. The average molecular weight is 526 g/mol. The number of ketones is 2. The number of fused-ring (bicyclic) bond motifs is 1. The van der Waals surface area contributed by atoms with Crippen LogP contribution in [0, 0.1) is 5.92 Å². The van der Waals surface area contributed by atoms with Crippen molar-refractivity contribution in [2.24, 2.45) is 5.92 Å². The van der Waals surface area contributed by atoms with Crippen LogP contribution >= 0.6 is 11.6 Å². The summed E-state index contributed by atoms with van der Waals surface area (Å²) < 4.78 is 21.7. The van der Waals surface area contributed by atoms with Crippen molar-refractivity contribution in [3.05, 3.63) is 63.3 Å². The summed E-state index contributed by atoms with van der Waals surface area (Å²) in [6.45, 7) is 1.73. The molecule has 0 bridgehead atoms. The second kappa shape index (κ2) is 8.92. The fraction of sp³-hybridized carbons (Fsp3) is 0.333. The SMILES string of the molecule is COC(=O)c1ccc([C@H]2CC(=O)NC3=C2C(=O)[C@@]2(Oc4c(Cl)c(OC)cc(OC)c4C2=O)[C@H](C)C3)cc1. The van der Waals surface area contributed by atoms with Gasteiger partial charge in [-0.05, 0) is 24.1 Å². The monoisotopic (exact) mass is 525 g/mol. The predicted octanol–water partition coefficient (Wildman–Crippen LogP) is 3.62. The first-order valence-electron chi connectivity index (χ1n) is 11.6. The summed E-state index contributed by atoms with van der Waals surface area (Å²) in [6, 6.07) is 7.98. The Morgan fingerprint density at radius 1 is 1.03 bits per heavy atom. The van der Waals surface area contributed by atoms with E-state index in [1.165, 1.54) is 27.4 Å². The van der Waals surface area contributed by atoms with E-state index in [9.17, 15) is 19.2 Å². The minimum Gasteiger partial charge on any atom is -0.496 e. The summed E-state index contributed by atoms with van der Waals surface area (Å²) in [5.41, 5.74) is -0.0569. The van der Waals surface area contributed by atoms with Crippen LogP contribution in [0.5, 0.6) is 17.2 Å². The lowest BCUT2D eigenvalue weighted by Gasteiger charge is -2.41. The zero-order valence-electron chi connectivity index (χ0n) is 20.6. The fourth-order valence-electron chi connectivity index (χ4n) is 5.44. The number of hydrogen-bond acceptors (Lipinski definition) is 8. The van der Waals surface area contributed by atoms with Crippen molar-refractivity contribution in [3.63, 3.8) is 0 Å². The van der Waals surface area contributed by atoms with Gasteiger partial charge in [0.15, 0.2) is 5.75 Å². The van der Waals surface area contributed by atoms with Gasteiger partial charge >= 0.3 is 5.97 Å². The molecular formula is C27H24ClNO8. The molecule has 1 spiro atoms. The van der Waals surface area contributed by atoms with E-state index in [4.69, 9.17) is 30.5 Å². The molecule has 2 heterocycles. The lowest BCUT2D eigenvalue weighted by Crippen LogP contribution is -2.59. The molecule has 1 aliphatic carbocycles. The highest BCUT2D eigenvalue weighted by atomic mass is 35.5. The largest absolute Gasteiger partial charge is 0.496 e. The molecule has 2 aromatic rings. The number of hydrogen-bond donors (Lipinski definition) is 1. The van der Waals surface area contributed by atoms with Gasteiger partial charge in [0.25, 0.3) is 0 Å². The van der Waals surface area contributed by atoms with Gasteiger partial charge in [0.05, 0.1) is 26.9 Å². The summed E-state index contributed by atoms with van der Waals surface area (Å²) in [5, 5.41) is 2.89. The third kappa shape index (κ3) is 3.52. The van der Waals surface area contributed by atoms with Gasteiger partial charge in [-0.15, -0.1) is 0 Å². The van der Waals surface area contributed by atoms with Crippen molar-refractivity contribution in [2.75, 3.05) is 21.3 Å². The molecule has 3 aliphatic rings. The van der Waals surface area contributed by atoms with E-state index in [0.717, 1.165) is 0 Å². The van der Waals surface area contributed by atoms with Crippen LogP contribution in [0.2, 0.25) is 5.02 Å². The first-order valence-corrected chi connectivity index (χ1v) is 12.0. The number of nitrogens with one attached hydrogen (secondary N) is 1. The van der Waals surface area contributed by atoms with Gasteiger partial charge in [0.2, 0.25) is 23.1 Å². The highest BCUT2D eigenvalue weighted by Crippen LogP contribution is 2.55. The van der Waals surface area contributed by atoms with E-state index in [0.29, 0.717) is 22.4 Å². The van der Waals surface area contributed by atoms with E-state index in [1.807, 2.05) is 0 Å². The van der Waals surface area contributed by atoms with Gasteiger partial charge in [-0.25, -0.2) is 4.79 Å². The molecule has 10 heteroatoms. The summed E-state index contributed by atoms with van der Waals surface area (Å²) in [6.07, 6.45) is 0.214. The Morgan fingerprint density at radius 2 is 1.70 bits per heavy atom. The summed E-state index contributed by atoms with van der Waals surface area (Å²) in [4.78, 5) is 52.8. The Labute approximate surface area is 217 Å². The third-order valence-corrected chi connectivity index (χ3v) is 7.65. The van der Waals surface area contributed by atoms with Crippen LogP contribution in [0.1, 0.15) is 52.0 Å². The van der Waals surface area contributed by atoms with E-state index >= 15 is 0 Å². The van der Waals surface area contributed by atoms with Crippen LogP contribution in [-0.2, 0) is 14.3 Å². The standard InChI is InChI=1S/C27H24ClNO8/c1-12-9-16-20(15(10-19(30)29-16)13-5-7-14(8-6-13)26(33)36-4)24(31)27(12)25(32)21-17(34-2)11-18(35-3)22(28)23(21)37-27/h5-8,11-12,15H,9-10H2,1-4H3,(H,29,30)/t12-,15-,27+/m1/s1. The van der Waals surface area contributed by atoms with Gasteiger partial charge in [0.1, 0.15) is 22.1 Å². The number of Topliss-reactive ketones (excluding diaryl/α,β-unsaturated/α-hetero) is 2. The second-order valence-corrected chi connectivity index (χ2v) is 9.59. The van der Waals surface area contributed by atoms with E-state index in [2.05, 4.69) is 5.32 Å². The fourth-order valence-corrected chi connectivity index (χ4v) is 5.71. The van der Waals surface area contributed by atoms with Gasteiger partial charge < -0.3 is 24.3 Å². The Bertz CT molecular complexity index is 1400. The molecule has 1 N–H and O–H groups in total. The molecule has 9 nitrogen and oxygen atoms in total. The minimum absolute atomic E-state index is 0.00829. The molecule has 0 aromatic heterocycles. The number of carbonyl (C=O) groups is 4. The molecule has 3 atom stereocenters. The number of carbonyl (C=O) groups excluding carboxylic acids is 4. The lowest BCUT2D eigenvalue weighted by molar-refractivity contribution is -0.131.